The zero-order chi connectivity index (χ0) is 38.0. The molecule has 0 aromatic heterocycles. The monoisotopic (exact) mass is 744 g/mol. The van der Waals surface area contributed by atoms with Crippen LogP contribution in [0.5, 0.6) is 0 Å². The minimum atomic E-state index is -2.91. The van der Waals surface area contributed by atoms with Gasteiger partial charge in [-0.15, -0.1) is 0 Å². The molecular formula is C54H40N2Si. The minimum Gasteiger partial charge on any atom is -0.311 e. The molecule has 0 fully saturated rings. The largest absolute Gasteiger partial charge is 0.311 e. The maximum absolute atomic E-state index is 2.91. The van der Waals surface area contributed by atoms with Gasteiger partial charge in [0.05, 0.1) is 0 Å². The van der Waals surface area contributed by atoms with Crippen LogP contribution in [0.4, 0.5) is 34.1 Å². The molecule has 9 aromatic rings. The number of hydrogen-bond donors (Lipinski definition) is 0. The van der Waals surface area contributed by atoms with E-state index < -0.39 is 8.07 Å². The SMILES string of the molecule is c1ccc(-c2ccc(N(c3cccc(-c4ccccc4)c3)c3ccc4c(c3)[Si](c3ccccc3)(c3ccccc3)c3ccccc3N4c3ccccc3)cc2)cc1. The Morgan fingerprint density at radius 1 is 0.298 bits per heavy atom. The van der Waals surface area contributed by atoms with Crippen LogP contribution in [-0.4, -0.2) is 8.07 Å². The summed E-state index contributed by atoms with van der Waals surface area (Å²) < 4.78 is 0. The summed E-state index contributed by atoms with van der Waals surface area (Å²) in [6.45, 7) is 0. The lowest BCUT2D eigenvalue weighted by Crippen LogP contribution is -2.77. The predicted octanol–water partition coefficient (Wildman–Crippen LogP) is 11.7. The van der Waals surface area contributed by atoms with Crippen LogP contribution in [0.25, 0.3) is 22.3 Å². The average Bonchev–Trinajstić information content (AvgIpc) is 3.30. The normalized spacial score (nSPS) is 12.7. The van der Waals surface area contributed by atoms with Crippen LogP contribution in [0, 0.1) is 0 Å². The molecule has 9 aromatic carbocycles. The number of nitrogens with zero attached hydrogens (tertiary/aromatic N) is 2. The molecule has 0 unspecified atom stereocenters. The van der Waals surface area contributed by atoms with E-state index >= 15 is 0 Å². The van der Waals surface area contributed by atoms with E-state index in [-0.39, 0.29) is 0 Å². The second kappa shape index (κ2) is 14.8. The van der Waals surface area contributed by atoms with Crippen molar-refractivity contribution < 1.29 is 0 Å². The molecule has 1 heterocycles. The lowest BCUT2D eigenvalue weighted by Gasteiger charge is -2.45. The molecular weight excluding hydrogens is 705 g/mol. The van der Waals surface area contributed by atoms with Crippen LogP contribution >= 0.6 is 0 Å². The van der Waals surface area contributed by atoms with Gasteiger partial charge < -0.3 is 9.80 Å². The van der Waals surface area contributed by atoms with Crippen LogP contribution in [0.2, 0.25) is 0 Å². The Bertz CT molecular complexity index is 2730. The maximum atomic E-state index is 2.51. The van der Waals surface area contributed by atoms with Gasteiger partial charge in [0.25, 0.3) is 0 Å². The molecule has 0 bridgehead atoms. The van der Waals surface area contributed by atoms with Crippen molar-refractivity contribution in [3.05, 3.63) is 243 Å². The number of para-hydroxylation sites is 2. The van der Waals surface area contributed by atoms with Crippen molar-refractivity contribution in [3.8, 4) is 22.3 Å². The molecule has 0 aliphatic carbocycles. The van der Waals surface area contributed by atoms with Crippen molar-refractivity contribution in [3.63, 3.8) is 0 Å². The van der Waals surface area contributed by atoms with E-state index in [1.165, 1.54) is 54.4 Å². The molecule has 10 rings (SSSR count). The van der Waals surface area contributed by atoms with E-state index in [0.29, 0.717) is 0 Å². The first kappa shape index (κ1) is 34.3. The zero-order valence-corrected chi connectivity index (χ0v) is 32.5. The van der Waals surface area contributed by atoms with Gasteiger partial charge in [-0.2, -0.15) is 0 Å². The van der Waals surface area contributed by atoms with E-state index in [9.17, 15) is 0 Å². The second-order valence-corrected chi connectivity index (χ2v) is 18.3. The Hall–Kier alpha value is -7.20. The summed E-state index contributed by atoms with van der Waals surface area (Å²) in [5, 5.41) is 5.45. The van der Waals surface area contributed by atoms with Crippen LogP contribution in [0.15, 0.2) is 243 Å². The van der Waals surface area contributed by atoms with Gasteiger partial charge in [0.2, 0.25) is 0 Å². The molecule has 0 radical (unpaired) electrons. The predicted molar refractivity (Wildman–Crippen MR) is 244 cm³/mol. The first-order chi connectivity index (χ1) is 28.3. The van der Waals surface area contributed by atoms with Gasteiger partial charge in [-0.05, 0) is 104 Å². The molecule has 1 aliphatic heterocycles. The van der Waals surface area contributed by atoms with Gasteiger partial charge >= 0.3 is 0 Å². The average molecular weight is 745 g/mol. The lowest BCUT2D eigenvalue weighted by molar-refractivity contribution is 1.26. The van der Waals surface area contributed by atoms with Gasteiger partial charge in [0, 0.05) is 34.1 Å². The lowest BCUT2D eigenvalue weighted by atomic mass is 10.0. The van der Waals surface area contributed by atoms with Crippen molar-refractivity contribution in [2.75, 3.05) is 9.80 Å². The fourth-order valence-corrected chi connectivity index (χ4v) is 13.9. The summed E-state index contributed by atoms with van der Waals surface area (Å²) in [6.07, 6.45) is 0. The van der Waals surface area contributed by atoms with E-state index in [1.54, 1.807) is 0 Å². The quantitative estimate of drug-likeness (QED) is 0.143. The van der Waals surface area contributed by atoms with Crippen molar-refractivity contribution in [2.24, 2.45) is 0 Å². The van der Waals surface area contributed by atoms with Crippen molar-refractivity contribution in [1.82, 2.24) is 0 Å². The minimum absolute atomic E-state index is 1.10. The van der Waals surface area contributed by atoms with Gasteiger partial charge in [0.15, 0.2) is 8.07 Å². The summed E-state index contributed by atoms with van der Waals surface area (Å²) in [7, 11) is -2.91. The standard InChI is InChI=1S/C54H40N2Si/c1-6-19-41(20-7-1)43-33-35-46(36-34-43)55(47-26-18-23-44(39-47)42-21-8-2-9-22-42)48-37-38-52-54(40-48)57(49-27-12-4-13-28-49,50-29-14-5-15-30-50)53-32-17-16-31-51(53)56(52)45-24-10-3-11-25-45/h1-40H. The van der Waals surface area contributed by atoms with Gasteiger partial charge in [-0.1, -0.05) is 182 Å². The zero-order valence-electron chi connectivity index (χ0n) is 31.5. The van der Waals surface area contributed by atoms with Gasteiger partial charge in [-0.3, -0.25) is 0 Å². The van der Waals surface area contributed by atoms with Crippen LogP contribution in [0.1, 0.15) is 0 Å². The fraction of sp³-hybridized carbons (Fsp3) is 0. The Kier molecular flexibility index (Phi) is 8.90. The van der Waals surface area contributed by atoms with Gasteiger partial charge in [0.1, 0.15) is 0 Å². The molecule has 57 heavy (non-hydrogen) atoms. The fourth-order valence-electron chi connectivity index (χ4n) is 8.78. The third-order valence-electron chi connectivity index (χ3n) is 11.3. The number of anilines is 6. The molecule has 0 atom stereocenters. The summed E-state index contributed by atoms with van der Waals surface area (Å²) in [5.74, 6) is 0. The molecule has 0 N–H and O–H groups in total. The molecule has 0 amide bonds. The van der Waals surface area contributed by atoms with Crippen LogP contribution in [0.3, 0.4) is 0 Å². The van der Waals surface area contributed by atoms with E-state index in [1.807, 2.05) is 0 Å². The molecule has 1 aliphatic rings. The second-order valence-electron chi connectivity index (χ2n) is 14.5. The Labute approximate surface area is 336 Å². The van der Waals surface area contributed by atoms with Gasteiger partial charge in [-0.25, -0.2) is 0 Å². The number of hydrogen-bond acceptors (Lipinski definition) is 2. The van der Waals surface area contributed by atoms with Crippen molar-refractivity contribution in [2.45, 2.75) is 0 Å². The first-order valence-corrected chi connectivity index (χ1v) is 21.6. The summed E-state index contributed by atoms with van der Waals surface area (Å²) in [6, 6.07) is 88.9. The molecule has 3 heteroatoms. The highest BCUT2D eigenvalue weighted by Crippen LogP contribution is 2.42. The van der Waals surface area contributed by atoms with Crippen molar-refractivity contribution >= 4 is 62.9 Å². The highest BCUT2D eigenvalue weighted by atomic mass is 28.3. The molecule has 2 nitrogen and oxygen atoms in total. The molecule has 0 saturated carbocycles. The van der Waals surface area contributed by atoms with E-state index in [2.05, 4.69) is 252 Å². The number of benzene rings is 9. The summed E-state index contributed by atoms with van der Waals surface area (Å²) >= 11 is 0. The highest BCUT2D eigenvalue weighted by Gasteiger charge is 2.49. The van der Waals surface area contributed by atoms with Crippen LogP contribution in [-0.2, 0) is 0 Å². The Morgan fingerprint density at radius 2 is 0.754 bits per heavy atom. The van der Waals surface area contributed by atoms with E-state index in [4.69, 9.17) is 0 Å². The smallest absolute Gasteiger partial charge is 0.184 e. The number of fused-ring (bicyclic) bond motifs is 2. The first-order valence-electron chi connectivity index (χ1n) is 19.6. The highest BCUT2D eigenvalue weighted by molar-refractivity contribution is 7.21. The molecule has 0 saturated heterocycles. The Balaban J connectivity index is 1.26. The molecule has 0 spiro atoms. The number of rotatable bonds is 8. The third kappa shape index (κ3) is 6.06. The topological polar surface area (TPSA) is 6.48 Å². The summed E-state index contributed by atoms with van der Waals surface area (Å²) in [4.78, 5) is 4.91. The maximum Gasteiger partial charge on any atom is 0.184 e. The van der Waals surface area contributed by atoms with Crippen molar-refractivity contribution in [1.29, 1.82) is 0 Å². The van der Waals surface area contributed by atoms with Crippen LogP contribution < -0.4 is 30.5 Å². The summed E-state index contributed by atoms with van der Waals surface area (Å²) in [5.41, 5.74) is 11.7. The van der Waals surface area contributed by atoms with E-state index in [0.717, 1.165) is 22.7 Å². The Morgan fingerprint density at radius 3 is 1.39 bits per heavy atom. The molecule has 270 valence electrons. The third-order valence-corrected chi connectivity index (χ3v) is 16.1.